The minimum atomic E-state index is -0.181. The van der Waals surface area contributed by atoms with Crippen LogP contribution in [0.25, 0.3) is 0 Å². The number of nitrogens with zero attached hydrogens (tertiary/aromatic N) is 1. The largest absolute Gasteiger partial charge is 0.327 e. The minimum Gasteiger partial charge on any atom is -0.327 e. The third kappa shape index (κ3) is 1.02. The topological polar surface area (TPSA) is 49.8 Å². The molecule has 0 aliphatic heterocycles. The highest BCUT2D eigenvalue weighted by atomic mass is 14.7. The first-order chi connectivity index (χ1) is 4.71. The molecule has 0 aromatic rings. The normalized spacial score (nSPS) is 25.7. The van der Waals surface area contributed by atoms with Crippen molar-refractivity contribution in [1.82, 2.24) is 0 Å². The van der Waals surface area contributed by atoms with Crippen LogP contribution in [0.3, 0.4) is 0 Å². The molecule has 2 heteroatoms. The zero-order chi connectivity index (χ0) is 7.61. The van der Waals surface area contributed by atoms with Crippen LogP contribution in [-0.2, 0) is 0 Å². The Balaban J connectivity index is 2.70. The van der Waals surface area contributed by atoms with Crippen molar-refractivity contribution in [2.24, 2.45) is 11.1 Å². The number of rotatable bonds is 1. The second-order valence-electron chi connectivity index (χ2n) is 3.26. The van der Waals surface area contributed by atoms with Crippen LogP contribution in [0.2, 0.25) is 0 Å². The van der Waals surface area contributed by atoms with Gasteiger partial charge in [-0.2, -0.15) is 5.26 Å². The van der Waals surface area contributed by atoms with Crippen molar-refractivity contribution in [3.05, 3.63) is 0 Å². The van der Waals surface area contributed by atoms with Gasteiger partial charge in [0, 0.05) is 6.04 Å². The zero-order valence-electron chi connectivity index (χ0n) is 6.43. The van der Waals surface area contributed by atoms with Crippen LogP contribution < -0.4 is 5.73 Å². The molecule has 0 aromatic heterocycles. The molecule has 0 aromatic carbocycles. The second-order valence-corrected chi connectivity index (χ2v) is 3.26. The quantitative estimate of drug-likeness (QED) is 0.595. The van der Waals surface area contributed by atoms with Crippen LogP contribution in [-0.4, -0.2) is 6.04 Å². The molecular weight excluding hydrogens is 124 g/mol. The molecule has 0 amide bonds. The number of hydrogen-bond donors (Lipinski definition) is 1. The molecule has 1 aliphatic rings. The van der Waals surface area contributed by atoms with E-state index >= 15 is 0 Å². The van der Waals surface area contributed by atoms with Crippen LogP contribution in [0.1, 0.15) is 32.6 Å². The fraction of sp³-hybridized carbons (Fsp3) is 0.875. The van der Waals surface area contributed by atoms with Gasteiger partial charge in [-0.1, -0.05) is 12.8 Å². The summed E-state index contributed by atoms with van der Waals surface area (Å²) < 4.78 is 0. The van der Waals surface area contributed by atoms with Crippen molar-refractivity contribution in [2.45, 2.75) is 38.6 Å². The molecule has 1 atom stereocenters. The van der Waals surface area contributed by atoms with Crippen molar-refractivity contribution >= 4 is 0 Å². The summed E-state index contributed by atoms with van der Waals surface area (Å²) in [5.41, 5.74) is 5.54. The fourth-order valence-corrected chi connectivity index (χ4v) is 1.67. The summed E-state index contributed by atoms with van der Waals surface area (Å²) in [5.74, 6) is 0. The molecule has 56 valence electrons. The van der Waals surface area contributed by atoms with E-state index in [0.29, 0.717) is 0 Å². The molecule has 0 saturated heterocycles. The summed E-state index contributed by atoms with van der Waals surface area (Å²) in [5, 5.41) is 8.86. The van der Waals surface area contributed by atoms with E-state index in [2.05, 4.69) is 6.07 Å². The molecule has 1 saturated carbocycles. The molecule has 1 rings (SSSR count). The van der Waals surface area contributed by atoms with Gasteiger partial charge >= 0.3 is 0 Å². The van der Waals surface area contributed by atoms with Crippen molar-refractivity contribution < 1.29 is 0 Å². The Labute approximate surface area is 62.0 Å². The van der Waals surface area contributed by atoms with Gasteiger partial charge in [-0.3, -0.25) is 0 Å². The molecule has 1 fully saturated rings. The van der Waals surface area contributed by atoms with Gasteiger partial charge in [0.25, 0.3) is 0 Å². The van der Waals surface area contributed by atoms with E-state index in [4.69, 9.17) is 11.0 Å². The highest BCUT2D eigenvalue weighted by Crippen LogP contribution is 2.39. The highest BCUT2D eigenvalue weighted by molar-refractivity contribution is 5.06. The van der Waals surface area contributed by atoms with Crippen LogP contribution in [0.5, 0.6) is 0 Å². The average Bonchev–Trinajstić information content (AvgIpc) is 2.35. The number of hydrogen-bond acceptors (Lipinski definition) is 2. The van der Waals surface area contributed by atoms with Gasteiger partial charge in [-0.15, -0.1) is 0 Å². The van der Waals surface area contributed by atoms with E-state index in [-0.39, 0.29) is 11.5 Å². The Kier molecular flexibility index (Phi) is 1.96. The lowest BCUT2D eigenvalue weighted by Crippen LogP contribution is -2.35. The molecule has 0 heterocycles. The molecule has 0 bridgehead atoms. The molecule has 0 radical (unpaired) electrons. The SMILES string of the molecule is C[C@@H](N)C1(C#N)CCCC1. The van der Waals surface area contributed by atoms with Gasteiger partial charge in [-0.05, 0) is 19.8 Å². The van der Waals surface area contributed by atoms with E-state index in [0.717, 1.165) is 12.8 Å². The molecule has 0 unspecified atom stereocenters. The lowest BCUT2D eigenvalue weighted by atomic mass is 9.81. The van der Waals surface area contributed by atoms with E-state index in [1.54, 1.807) is 0 Å². The molecule has 1 aliphatic carbocycles. The van der Waals surface area contributed by atoms with E-state index in [1.807, 2.05) is 6.92 Å². The van der Waals surface area contributed by atoms with Crippen molar-refractivity contribution in [1.29, 1.82) is 5.26 Å². The summed E-state index contributed by atoms with van der Waals surface area (Å²) in [7, 11) is 0. The molecule has 2 N–H and O–H groups in total. The molecule has 10 heavy (non-hydrogen) atoms. The summed E-state index contributed by atoms with van der Waals surface area (Å²) in [6.07, 6.45) is 4.35. The first-order valence-corrected chi connectivity index (χ1v) is 3.88. The average molecular weight is 138 g/mol. The fourth-order valence-electron chi connectivity index (χ4n) is 1.67. The van der Waals surface area contributed by atoms with Crippen molar-refractivity contribution in [2.75, 3.05) is 0 Å². The number of nitrogens with two attached hydrogens (primary N) is 1. The van der Waals surface area contributed by atoms with Gasteiger partial charge < -0.3 is 5.73 Å². The van der Waals surface area contributed by atoms with E-state index < -0.39 is 0 Å². The molecule has 0 spiro atoms. The summed E-state index contributed by atoms with van der Waals surface area (Å²) in [6.45, 7) is 1.94. The maximum atomic E-state index is 8.86. The van der Waals surface area contributed by atoms with Crippen LogP contribution in [0.15, 0.2) is 0 Å². The van der Waals surface area contributed by atoms with Gasteiger partial charge in [-0.25, -0.2) is 0 Å². The Bertz CT molecular complexity index is 149. The van der Waals surface area contributed by atoms with Gasteiger partial charge in [0.1, 0.15) is 0 Å². The predicted octanol–water partition coefficient (Wildman–Crippen LogP) is 1.42. The smallest absolute Gasteiger partial charge is 0.0721 e. The maximum absolute atomic E-state index is 8.86. The molecule has 2 nitrogen and oxygen atoms in total. The first kappa shape index (κ1) is 7.56. The Morgan fingerprint density at radius 3 is 2.20 bits per heavy atom. The maximum Gasteiger partial charge on any atom is 0.0721 e. The summed E-state index contributed by atoms with van der Waals surface area (Å²) in [6, 6.07) is 2.39. The van der Waals surface area contributed by atoms with Gasteiger partial charge in [0.15, 0.2) is 0 Å². The highest BCUT2D eigenvalue weighted by Gasteiger charge is 2.37. The Morgan fingerprint density at radius 2 is 2.00 bits per heavy atom. The first-order valence-electron chi connectivity index (χ1n) is 3.88. The second kappa shape index (κ2) is 2.59. The Morgan fingerprint density at radius 1 is 1.50 bits per heavy atom. The third-order valence-corrected chi connectivity index (χ3v) is 2.59. The summed E-state index contributed by atoms with van der Waals surface area (Å²) in [4.78, 5) is 0. The summed E-state index contributed by atoms with van der Waals surface area (Å²) >= 11 is 0. The van der Waals surface area contributed by atoms with E-state index in [9.17, 15) is 0 Å². The van der Waals surface area contributed by atoms with Crippen LogP contribution in [0.4, 0.5) is 0 Å². The van der Waals surface area contributed by atoms with Gasteiger partial charge in [0.05, 0.1) is 11.5 Å². The van der Waals surface area contributed by atoms with Crippen molar-refractivity contribution in [3.8, 4) is 6.07 Å². The predicted molar refractivity (Wildman–Crippen MR) is 40.2 cm³/mol. The van der Waals surface area contributed by atoms with Crippen molar-refractivity contribution in [3.63, 3.8) is 0 Å². The van der Waals surface area contributed by atoms with Crippen LogP contribution in [0, 0.1) is 16.7 Å². The monoisotopic (exact) mass is 138 g/mol. The molecular formula is C8H14N2. The minimum absolute atomic E-state index is 0.0417. The zero-order valence-corrected chi connectivity index (χ0v) is 6.43. The lowest BCUT2D eigenvalue weighted by molar-refractivity contribution is 0.340. The van der Waals surface area contributed by atoms with Crippen LogP contribution >= 0.6 is 0 Å². The third-order valence-electron chi connectivity index (χ3n) is 2.59. The Hall–Kier alpha value is -0.550. The van der Waals surface area contributed by atoms with E-state index in [1.165, 1.54) is 12.8 Å². The number of nitriles is 1. The lowest BCUT2D eigenvalue weighted by Gasteiger charge is -2.24. The standard InChI is InChI=1S/C8H14N2/c1-7(10)8(6-9)4-2-3-5-8/h7H,2-5,10H2,1H3/t7-/m1/s1. The van der Waals surface area contributed by atoms with Gasteiger partial charge in [0.2, 0.25) is 0 Å².